The zero-order chi connectivity index (χ0) is 8.10. The normalized spacial score (nSPS) is 9.18. The Kier molecular flexibility index (Phi) is 2.58. The van der Waals surface area contributed by atoms with Gasteiger partial charge in [0.2, 0.25) is 0 Å². The second kappa shape index (κ2) is 3.68. The van der Waals surface area contributed by atoms with E-state index in [0.717, 1.165) is 11.3 Å². The minimum atomic E-state index is 0.463. The van der Waals surface area contributed by atoms with Gasteiger partial charge in [-0.3, -0.25) is 0 Å². The minimum Gasteiger partial charge on any atom is -0.469 e. The molecule has 0 aromatic carbocycles. The first-order valence-corrected chi connectivity index (χ1v) is 3.38. The van der Waals surface area contributed by atoms with Crippen molar-refractivity contribution >= 4 is 0 Å². The van der Waals surface area contributed by atoms with Gasteiger partial charge >= 0.3 is 0 Å². The molecule has 0 radical (unpaired) electrons. The summed E-state index contributed by atoms with van der Waals surface area (Å²) < 4.78 is 5.13. The Hall–Kier alpha value is -1.41. The fourth-order valence-electron chi connectivity index (χ4n) is 0.856. The Balaban J connectivity index is 2.50. The molecule has 0 fully saturated rings. The lowest BCUT2D eigenvalue weighted by molar-refractivity contribution is 0.508. The summed E-state index contributed by atoms with van der Waals surface area (Å²) in [4.78, 5) is 2.65. The van der Waals surface area contributed by atoms with Crippen molar-refractivity contribution in [1.29, 1.82) is 0 Å². The third-order valence-electron chi connectivity index (χ3n) is 1.47. The molecule has 0 N–H and O–H groups in total. The van der Waals surface area contributed by atoms with Crippen LogP contribution < -0.4 is 0 Å². The highest BCUT2D eigenvalue weighted by molar-refractivity contribution is 5.14. The molecule has 0 unspecified atom stereocenters. The largest absolute Gasteiger partial charge is 0.469 e. The lowest BCUT2D eigenvalue weighted by Gasteiger charge is -1.91. The third kappa shape index (κ3) is 2.02. The highest BCUT2D eigenvalue weighted by Gasteiger charge is 1.98. The van der Waals surface area contributed by atoms with Crippen molar-refractivity contribution < 1.29 is 4.42 Å². The first-order chi connectivity index (χ1) is 5.34. The Labute approximate surface area is 64.5 Å². The first-order valence-electron chi connectivity index (χ1n) is 3.38. The average Bonchev–Trinajstić information content (AvgIpc) is 2.37. The molecule has 0 aliphatic rings. The fraction of sp³-hybridized carbons (Fsp3) is 0.429. The van der Waals surface area contributed by atoms with Gasteiger partial charge in [0, 0.05) is 17.9 Å². The van der Waals surface area contributed by atoms with E-state index >= 15 is 0 Å². The Morgan fingerprint density at radius 2 is 2.55 bits per heavy atom. The van der Waals surface area contributed by atoms with E-state index in [1.807, 2.05) is 13.0 Å². The van der Waals surface area contributed by atoms with Crippen LogP contribution in [0.15, 0.2) is 21.9 Å². The monoisotopic (exact) mass is 151 g/mol. The molecule has 58 valence electrons. The smallest absolute Gasteiger partial charge is 0.106 e. The van der Waals surface area contributed by atoms with Crippen molar-refractivity contribution in [2.75, 3.05) is 6.54 Å². The molecule has 1 rings (SSSR count). The lowest BCUT2D eigenvalue weighted by Crippen LogP contribution is -1.87. The van der Waals surface area contributed by atoms with E-state index in [4.69, 9.17) is 9.95 Å². The summed E-state index contributed by atoms with van der Waals surface area (Å²) in [6.45, 7) is 2.43. The Morgan fingerprint density at radius 1 is 1.73 bits per heavy atom. The zero-order valence-corrected chi connectivity index (χ0v) is 6.32. The molecule has 11 heavy (non-hydrogen) atoms. The maximum Gasteiger partial charge on any atom is 0.106 e. The number of aryl methyl sites for hydroxylation is 1. The van der Waals surface area contributed by atoms with Gasteiger partial charge in [0.05, 0.1) is 6.26 Å². The van der Waals surface area contributed by atoms with Crippen LogP contribution in [0.5, 0.6) is 0 Å². The van der Waals surface area contributed by atoms with Crippen LogP contribution in [0.1, 0.15) is 11.3 Å². The van der Waals surface area contributed by atoms with Crippen LogP contribution >= 0.6 is 0 Å². The highest BCUT2D eigenvalue weighted by Crippen LogP contribution is 2.08. The summed E-state index contributed by atoms with van der Waals surface area (Å²) in [5.41, 5.74) is 9.10. The van der Waals surface area contributed by atoms with E-state index in [2.05, 4.69) is 10.0 Å². The van der Waals surface area contributed by atoms with E-state index in [9.17, 15) is 0 Å². The number of hydrogen-bond donors (Lipinski definition) is 0. The van der Waals surface area contributed by atoms with Crippen LogP contribution in [0.25, 0.3) is 10.4 Å². The van der Waals surface area contributed by atoms with Crippen LogP contribution in [0.2, 0.25) is 0 Å². The van der Waals surface area contributed by atoms with Gasteiger partial charge in [-0.2, -0.15) is 0 Å². The number of nitrogens with zero attached hydrogens (tertiary/aromatic N) is 3. The van der Waals surface area contributed by atoms with E-state index in [0.29, 0.717) is 13.0 Å². The quantitative estimate of drug-likeness (QED) is 0.371. The molecular weight excluding hydrogens is 142 g/mol. The van der Waals surface area contributed by atoms with Gasteiger partial charge in [0.15, 0.2) is 0 Å². The maximum absolute atomic E-state index is 7.99. The predicted octanol–water partition coefficient (Wildman–Crippen LogP) is 2.44. The van der Waals surface area contributed by atoms with Gasteiger partial charge < -0.3 is 4.42 Å². The average molecular weight is 151 g/mol. The fourth-order valence-corrected chi connectivity index (χ4v) is 0.856. The summed E-state index contributed by atoms with van der Waals surface area (Å²) in [6.07, 6.45) is 2.32. The molecule has 4 nitrogen and oxygen atoms in total. The first kappa shape index (κ1) is 7.69. The molecule has 0 aliphatic carbocycles. The maximum atomic E-state index is 7.99. The minimum absolute atomic E-state index is 0.463. The van der Waals surface area contributed by atoms with Gasteiger partial charge in [-0.15, -0.1) is 0 Å². The van der Waals surface area contributed by atoms with E-state index in [1.54, 1.807) is 6.26 Å². The molecule has 0 atom stereocenters. The van der Waals surface area contributed by atoms with Crippen LogP contribution in [0.4, 0.5) is 0 Å². The van der Waals surface area contributed by atoms with Crippen LogP contribution in [0, 0.1) is 6.92 Å². The molecule has 0 amide bonds. The summed E-state index contributed by atoms with van der Waals surface area (Å²) in [6, 6.07) is 1.89. The molecule has 4 heteroatoms. The zero-order valence-electron chi connectivity index (χ0n) is 6.32. The molecular formula is C7H9N3O. The van der Waals surface area contributed by atoms with Gasteiger partial charge in [0.1, 0.15) is 5.76 Å². The second-order valence-electron chi connectivity index (χ2n) is 2.23. The van der Waals surface area contributed by atoms with Crippen molar-refractivity contribution in [2.45, 2.75) is 13.3 Å². The van der Waals surface area contributed by atoms with Gasteiger partial charge in [-0.1, -0.05) is 5.11 Å². The van der Waals surface area contributed by atoms with Crippen LogP contribution in [-0.2, 0) is 6.42 Å². The number of azide groups is 1. The second-order valence-corrected chi connectivity index (χ2v) is 2.23. The van der Waals surface area contributed by atoms with Crippen molar-refractivity contribution in [3.8, 4) is 0 Å². The summed E-state index contributed by atoms with van der Waals surface area (Å²) in [5.74, 6) is 0.900. The summed E-state index contributed by atoms with van der Waals surface area (Å²) in [5, 5.41) is 3.41. The van der Waals surface area contributed by atoms with Gasteiger partial charge in [-0.05, 0) is 24.1 Å². The molecule has 0 aliphatic heterocycles. The van der Waals surface area contributed by atoms with Crippen molar-refractivity contribution in [3.63, 3.8) is 0 Å². The highest BCUT2D eigenvalue weighted by atomic mass is 16.3. The van der Waals surface area contributed by atoms with Crippen LogP contribution in [0.3, 0.4) is 0 Å². The van der Waals surface area contributed by atoms with Gasteiger partial charge in [0.25, 0.3) is 0 Å². The molecule has 0 bridgehead atoms. The van der Waals surface area contributed by atoms with Gasteiger partial charge in [-0.25, -0.2) is 0 Å². The molecule has 1 aromatic heterocycles. The van der Waals surface area contributed by atoms with E-state index in [-0.39, 0.29) is 0 Å². The number of furan rings is 1. The van der Waals surface area contributed by atoms with E-state index in [1.165, 1.54) is 0 Å². The Bertz CT molecular complexity index is 273. The number of rotatable bonds is 3. The van der Waals surface area contributed by atoms with Crippen LogP contribution in [-0.4, -0.2) is 6.54 Å². The summed E-state index contributed by atoms with van der Waals surface area (Å²) >= 11 is 0. The van der Waals surface area contributed by atoms with Crippen molar-refractivity contribution in [3.05, 3.63) is 34.1 Å². The topological polar surface area (TPSA) is 61.9 Å². The predicted molar refractivity (Wildman–Crippen MR) is 41.2 cm³/mol. The number of hydrogen-bond acceptors (Lipinski definition) is 2. The lowest BCUT2D eigenvalue weighted by atomic mass is 10.2. The molecule has 0 spiro atoms. The third-order valence-corrected chi connectivity index (χ3v) is 1.47. The SMILES string of the molecule is Cc1ccoc1CCN=[N+]=[N-]. The molecule has 0 saturated heterocycles. The standard InChI is InChI=1S/C7H9N3O/c1-6-3-5-11-7(6)2-4-9-10-8/h3,5H,2,4H2,1H3. The summed E-state index contributed by atoms with van der Waals surface area (Å²) in [7, 11) is 0. The molecule has 1 heterocycles. The Morgan fingerprint density at radius 3 is 3.09 bits per heavy atom. The van der Waals surface area contributed by atoms with Crippen molar-refractivity contribution in [2.24, 2.45) is 5.11 Å². The molecule has 1 aromatic rings. The molecule has 0 saturated carbocycles. The van der Waals surface area contributed by atoms with Crippen molar-refractivity contribution in [1.82, 2.24) is 0 Å². The van der Waals surface area contributed by atoms with E-state index < -0.39 is 0 Å².